The molecule has 1 heterocycles. The van der Waals surface area contributed by atoms with Gasteiger partial charge >= 0.3 is 0 Å². The second-order valence-corrected chi connectivity index (χ2v) is 6.59. The van der Waals surface area contributed by atoms with Crippen molar-refractivity contribution < 1.29 is 0 Å². The van der Waals surface area contributed by atoms with Crippen LogP contribution in [0.15, 0.2) is 66.7 Å². The van der Waals surface area contributed by atoms with Gasteiger partial charge in [-0.25, -0.2) is 0 Å². The first-order chi connectivity index (χ1) is 10.2. The lowest BCUT2D eigenvalue weighted by Gasteiger charge is -2.39. The lowest BCUT2D eigenvalue weighted by Crippen LogP contribution is -2.42. The summed E-state index contributed by atoms with van der Waals surface area (Å²) in [6.07, 6.45) is 6.03. The number of hydrogen-bond donors (Lipinski definition) is 0. The number of rotatable bonds is 1. The van der Waals surface area contributed by atoms with Crippen LogP contribution in [0.4, 0.5) is 11.4 Å². The molecule has 106 valence electrons. The van der Waals surface area contributed by atoms with Crippen molar-refractivity contribution in [1.29, 1.82) is 0 Å². The maximum Gasteiger partial charge on any atom is 0.0477 e. The second kappa shape index (κ2) is 4.49. The molecule has 0 spiro atoms. The molecule has 4 rings (SSSR count). The fourth-order valence-electron chi connectivity index (χ4n) is 4.01. The molecule has 1 heteroatoms. The summed E-state index contributed by atoms with van der Waals surface area (Å²) in [4.78, 5) is 2.55. The van der Waals surface area contributed by atoms with Crippen LogP contribution in [-0.4, -0.2) is 6.04 Å². The van der Waals surface area contributed by atoms with E-state index in [-0.39, 0.29) is 5.41 Å². The van der Waals surface area contributed by atoms with Gasteiger partial charge in [0.1, 0.15) is 0 Å². The van der Waals surface area contributed by atoms with E-state index >= 15 is 0 Å². The molecule has 2 aromatic carbocycles. The van der Waals surface area contributed by atoms with Crippen LogP contribution in [0.1, 0.15) is 25.8 Å². The molecule has 0 aromatic heterocycles. The van der Waals surface area contributed by atoms with Crippen molar-refractivity contribution in [2.75, 3.05) is 4.90 Å². The Balaban J connectivity index is 1.93. The Morgan fingerprint density at radius 3 is 2.52 bits per heavy atom. The van der Waals surface area contributed by atoms with Gasteiger partial charge in [0.15, 0.2) is 0 Å². The van der Waals surface area contributed by atoms with Crippen LogP contribution in [0.3, 0.4) is 0 Å². The number of allylic oxidation sites excluding steroid dienone is 1. The van der Waals surface area contributed by atoms with Crippen molar-refractivity contribution in [3.8, 4) is 0 Å². The number of para-hydroxylation sites is 2. The van der Waals surface area contributed by atoms with Crippen molar-refractivity contribution in [2.45, 2.75) is 31.7 Å². The number of nitrogens with zero attached hydrogens (tertiary/aromatic N) is 1. The van der Waals surface area contributed by atoms with Crippen LogP contribution in [0, 0.1) is 5.92 Å². The molecule has 2 aliphatic rings. The highest BCUT2D eigenvalue weighted by Gasteiger charge is 2.48. The zero-order valence-electron chi connectivity index (χ0n) is 12.7. The summed E-state index contributed by atoms with van der Waals surface area (Å²) in [5.41, 5.74) is 4.26. The van der Waals surface area contributed by atoms with Crippen LogP contribution in [-0.2, 0) is 5.41 Å². The second-order valence-electron chi connectivity index (χ2n) is 6.59. The van der Waals surface area contributed by atoms with Gasteiger partial charge in [0.05, 0.1) is 0 Å². The molecule has 3 unspecified atom stereocenters. The third kappa shape index (κ3) is 1.77. The molecule has 2 aromatic rings. The van der Waals surface area contributed by atoms with E-state index < -0.39 is 0 Å². The molecule has 3 atom stereocenters. The Hall–Kier alpha value is -2.02. The van der Waals surface area contributed by atoms with Crippen molar-refractivity contribution in [2.24, 2.45) is 5.92 Å². The minimum absolute atomic E-state index is 0.124. The number of hydrogen-bond acceptors (Lipinski definition) is 1. The Labute approximate surface area is 126 Å². The minimum Gasteiger partial charge on any atom is -0.337 e. The van der Waals surface area contributed by atoms with Gasteiger partial charge in [0.25, 0.3) is 0 Å². The predicted molar refractivity (Wildman–Crippen MR) is 89.1 cm³/mol. The zero-order valence-corrected chi connectivity index (χ0v) is 12.7. The molecule has 0 saturated heterocycles. The van der Waals surface area contributed by atoms with Crippen LogP contribution in [0.2, 0.25) is 0 Å². The van der Waals surface area contributed by atoms with Crippen molar-refractivity contribution in [3.63, 3.8) is 0 Å². The summed E-state index contributed by atoms with van der Waals surface area (Å²) >= 11 is 0. The first-order valence-corrected chi connectivity index (χ1v) is 7.83. The summed E-state index contributed by atoms with van der Waals surface area (Å²) in [5.74, 6) is 0.642. The van der Waals surface area contributed by atoms with Gasteiger partial charge < -0.3 is 4.90 Å². The molecule has 1 aliphatic heterocycles. The SMILES string of the molecule is CC1C=CC2(C)c3ccccc3N(c3ccccc3)C2C1. The van der Waals surface area contributed by atoms with Crippen molar-refractivity contribution >= 4 is 11.4 Å². The van der Waals surface area contributed by atoms with Gasteiger partial charge in [-0.3, -0.25) is 0 Å². The van der Waals surface area contributed by atoms with E-state index in [1.54, 1.807) is 0 Å². The summed E-state index contributed by atoms with van der Waals surface area (Å²) < 4.78 is 0. The summed E-state index contributed by atoms with van der Waals surface area (Å²) in [6.45, 7) is 4.71. The topological polar surface area (TPSA) is 3.24 Å². The highest BCUT2D eigenvalue weighted by atomic mass is 15.2. The van der Waals surface area contributed by atoms with Crippen LogP contribution >= 0.6 is 0 Å². The highest BCUT2D eigenvalue weighted by Crippen LogP contribution is 2.52. The Kier molecular flexibility index (Phi) is 2.72. The first kappa shape index (κ1) is 12.7. The molecule has 0 bridgehead atoms. The maximum absolute atomic E-state index is 2.55. The van der Waals surface area contributed by atoms with E-state index in [0.717, 1.165) is 0 Å². The molecule has 1 aliphatic carbocycles. The Morgan fingerprint density at radius 2 is 1.71 bits per heavy atom. The van der Waals surface area contributed by atoms with E-state index in [4.69, 9.17) is 0 Å². The van der Waals surface area contributed by atoms with Gasteiger partial charge in [0.2, 0.25) is 0 Å². The number of benzene rings is 2. The number of anilines is 2. The van der Waals surface area contributed by atoms with E-state index in [0.29, 0.717) is 12.0 Å². The standard InChI is InChI=1S/C20H21N/c1-15-12-13-20(2)17-10-6-7-11-18(17)21(19(20)14-15)16-8-4-3-5-9-16/h3-13,15,19H,14H2,1-2H3. The third-order valence-electron chi connectivity index (χ3n) is 5.15. The fourth-order valence-corrected chi connectivity index (χ4v) is 4.01. The van der Waals surface area contributed by atoms with Gasteiger partial charge in [-0.15, -0.1) is 0 Å². The minimum atomic E-state index is 0.124. The van der Waals surface area contributed by atoms with E-state index in [2.05, 4.69) is 85.5 Å². The highest BCUT2D eigenvalue weighted by molar-refractivity contribution is 5.75. The summed E-state index contributed by atoms with van der Waals surface area (Å²) in [7, 11) is 0. The lowest BCUT2D eigenvalue weighted by atomic mass is 9.71. The van der Waals surface area contributed by atoms with Crippen LogP contribution < -0.4 is 4.90 Å². The molecule has 0 saturated carbocycles. The molecular weight excluding hydrogens is 254 g/mol. The normalized spacial score (nSPS) is 30.1. The molecule has 0 radical (unpaired) electrons. The molecular formula is C20H21N. The fraction of sp³-hybridized carbons (Fsp3) is 0.300. The van der Waals surface area contributed by atoms with Crippen molar-refractivity contribution in [3.05, 3.63) is 72.3 Å². The summed E-state index contributed by atoms with van der Waals surface area (Å²) in [5, 5.41) is 0. The molecule has 0 amide bonds. The quantitative estimate of drug-likeness (QED) is 0.657. The monoisotopic (exact) mass is 275 g/mol. The van der Waals surface area contributed by atoms with E-state index in [1.807, 2.05) is 0 Å². The lowest BCUT2D eigenvalue weighted by molar-refractivity contribution is 0.394. The van der Waals surface area contributed by atoms with Gasteiger partial charge in [0, 0.05) is 22.8 Å². The molecule has 0 N–H and O–H groups in total. The molecule has 1 nitrogen and oxygen atoms in total. The third-order valence-corrected chi connectivity index (χ3v) is 5.15. The smallest absolute Gasteiger partial charge is 0.0477 e. The Morgan fingerprint density at radius 1 is 1.00 bits per heavy atom. The summed E-state index contributed by atoms with van der Waals surface area (Å²) in [6, 6.07) is 20.2. The van der Waals surface area contributed by atoms with Gasteiger partial charge in [-0.1, -0.05) is 55.5 Å². The zero-order chi connectivity index (χ0) is 14.4. The predicted octanol–water partition coefficient (Wildman–Crippen LogP) is 5.06. The van der Waals surface area contributed by atoms with E-state index in [9.17, 15) is 0 Å². The number of fused-ring (bicyclic) bond motifs is 3. The molecule has 0 fully saturated rings. The largest absolute Gasteiger partial charge is 0.337 e. The van der Waals surface area contributed by atoms with Gasteiger partial charge in [-0.2, -0.15) is 0 Å². The average Bonchev–Trinajstić information content (AvgIpc) is 2.78. The van der Waals surface area contributed by atoms with Crippen LogP contribution in [0.25, 0.3) is 0 Å². The maximum atomic E-state index is 2.55. The Bertz CT molecular complexity index is 688. The molecule has 21 heavy (non-hydrogen) atoms. The average molecular weight is 275 g/mol. The van der Waals surface area contributed by atoms with Crippen LogP contribution in [0.5, 0.6) is 0 Å². The van der Waals surface area contributed by atoms with Crippen molar-refractivity contribution in [1.82, 2.24) is 0 Å². The van der Waals surface area contributed by atoms with E-state index in [1.165, 1.54) is 23.4 Å². The first-order valence-electron chi connectivity index (χ1n) is 7.83. The van der Waals surface area contributed by atoms with Gasteiger partial charge in [-0.05, 0) is 43.0 Å².